The molecule has 1 heterocycles. The Hall–Kier alpha value is -1.57. The maximum absolute atomic E-state index is 12.5. The van der Waals surface area contributed by atoms with Crippen molar-refractivity contribution < 1.29 is 43.2 Å². The summed E-state index contributed by atoms with van der Waals surface area (Å²) >= 11 is 2.10. The molecular weight excluding hydrogens is 531 g/mol. The van der Waals surface area contributed by atoms with Crippen molar-refractivity contribution in [2.75, 3.05) is 19.5 Å². The van der Waals surface area contributed by atoms with Gasteiger partial charge in [-0.3, -0.25) is 4.79 Å². The number of esters is 3. The summed E-state index contributed by atoms with van der Waals surface area (Å²) in [6.45, 7) is 1.23. The Balaban J connectivity index is 2.21. The Bertz CT molecular complexity index is 758. The first-order valence-corrected chi connectivity index (χ1v) is 12.6. The molecule has 11 heteroatoms. The van der Waals surface area contributed by atoms with Gasteiger partial charge in [-0.1, -0.05) is 15.0 Å². The molecule has 9 nitrogen and oxygen atoms in total. The number of halogens is 1. The zero-order valence-electron chi connectivity index (χ0n) is 16.5. The normalized spacial score (nSPS) is 20.9. The van der Waals surface area contributed by atoms with Crippen LogP contribution in [0.1, 0.15) is 35.7 Å². The van der Waals surface area contributed by atoms with E-state index >= 15 is 0 Å². The van der Waals surface area contributed by atoms with E-state index in [-0.39, 0.29) is 37.4 Å². The topological polar surface area (TPSA) is 118 Å². The predicted octanol–water partition coefficient (Wildman–Crippen LogP) is 2.41. The van der Waals surface area contributed by atoms with E-state index in [1.807, 2.05) is 0 Å². The Labute approximate surface area is 190 Å². The van der Waals surface area contributed by atoms with Crippen LogP contribution >= 0.6 is 30.1 Å². The van der Waals surface area contributed by atoms with E-state index < -0.39 is 36.4 Å². The quantitative estimate of drug-likeness (QED) is 0.211. The van der Waals surface area contributed by atoms with Crippen LogP contribution < -0.4 is 4.74 Å². The fourth-order valence-corrected chi connectivity index (χ4v) is 3.54. The second-order valence-electron chi connectivity index (χ2n) is 6.34. The summed E-state index contributed by atoms with van der Waals surface area (Å²) in [5, 5.41) is 9.39. The molecule has 0 aromatic heterocycles. The number of carbonyl (C=O) groups is 3. The van der Waals surface area contributed by atoms with Crippen molar-refractivity contribution in [3.63, 3.8) is 0 Å². The first kappa shape index (κ1) is 24.7. The number of ether oxygens (including phenoxy) is 5. The third kappa shape index (κ3) is 7.29. The number of hydrogen-bond acceptors (Lipinski definition) is 10. The smallest absolute Gasteiger partial charge is 0.341 e. The number of methoxy groups -OCH3 is 1. The van der Waals surface area contributed by atoms with Crippen LogP contribution in [0.2, 0.25) is 0 Å². The minimum atomic E-state index is -0.981. The van der Waals surface area contributed by atoms with E-state index in [0.29, 0.717) is 11.3 Å². The molecule has 1 N–H and O–H groups in total. The van der Waals surface area contributed by atoms with Crippen LogP contribution in [0.15, 0.2) is 18.2 Å². The highest BCUT2D eigenvalue weighted by atomic mass is 127. The van der Waals surface area contributed by atoms with Crippen molar-refractivity contribution in [1.82, 2.24) is 0 Å². The van der Waals surface area contributed by atoms with Gasteiger partial charge in [-0.25, -0.2) is 9.59 Å². The van der Waals surface area contributed by atoms with E-state index in [0.717, 1.165) is 0 Å². The number of benzene rings is 1. The van der Waals surface area contributed by atoms with Gasteiger partial charge < -0.3 is 28.8 Å². The zero-order valence-corrected chi connectivity index (χ0v) is 19.5. The van der Waals surface area contributed by atoms with Gasteiger partial charge in [0.2, 0.25) is 6.29 Å². The summed E-state index contributed by atoms with van der Waals surface area (Å²) in [6, 6.07) is 4.58. The van der Waals surface area contributed by atoms with Crippen LogP contribution in [0.25, 0.3) is 0 Å². The summed E-state index contributed by atoms with van der Waals surface area (Å²) < 4.78 is 26.7. The molecule has 0 saturated carbocycles. The molecule has 0 aliphatic carbocycles. The molecule has 1 aromatic carbocycles. The average Bonchev–Trinajstić information content (AvgIpc) is 2.72. The van der Waals surface area contributed by atoms with E-state index in [9.17, 15) is 19.5 Å². The van der Waals surface area contributed by atoms with Crippen LogP contribution in [0, 0.1) is 0 Å². The summed E-state index contributed by atoms with van der Waals surface area (Å²) in [7, 11) is 2.73. The zero-order chi connectivity index (χ0) is 22.1. The van der Waals surface area contributed by atoms with Crippen molar-refractivity contribution >= 4 is 48.0 Å². The molecule has 1 aliphatic rings. The monoisotopic (exact) mass is 554 g/mol. The fourth-order valence-electron chi connectivity index (χ4n) is 2.86. The average molecular weight is 554 g/mol. The summed E-state index contributed by atoms with van der Waals surface area (Å²) in [6.07, 6.45) is -2.26. The molecule has 0 amide bonds. The van der Waals surface area contributed by atoms with Crippen molar-refractivity contribution in [1.29, 1.82) is 0 Å². The lowest BCUT2D eigenvalue weighted by Gasteiger charge is -2.33. The van der Waals surface area contributed by atoms with Crippen LogP contribution in [0.4, 0.5) is 0 Å². The molecule has 0 bridgehead atoms. The molecule has 1 fully saturated rings. The van der Waals surface area contributed by atoms with Crippen molar-refractivity contribution in [2.24, 2.45) is 0 Å². The fraction of sp³-hybridized carbons (Fsp3) is 0.526. The summed E-state index contributed by atoms with van der Waals surface area (Å²) in [4.78, 5) is 35.8. The van der Waals surface area contributed by atoms with Gasteiger partial charge >= 0.3 is 17.9 Å². The number of hydrogen-bond donors (Lipinski definition) is 1. The number of carbonyl (C=O) groups excluding carboxylic acids is 3. The van der Waals surface area contributed by atoms with Gasteiger partial charge in [0.05, 0.1) is 13.7 Å². The van der Waals surface area contributed by atoms with Gasteiger partial charge in [0.15, 0.2) is 6.10 Å². The highest BCUT2D eigenvalue weighted by Crippen LogP contribution is 2.29. The van der Waals surface area contributed by atoms with Gasteiger partial charge in [0.1, 0.15) is 24.0 Å². The lowest BCUT2D eigenvalue weighted by atomic mass is 10.0. The van der Waals surface area contributed by atoms with Gasteiger partial charge in [-0.05, 0) is 38.9 Å². The molecule has 0 radical (unpaired) electrons. The van der Waals surface area contributed by atoms with Crippen molar-refractivity contribution in [3.8, 4) is 5.75 Å². The first-order valence-electron chi connectivity index (χ1n) is 9.09. The van der Waals surface area contributed by atoms with E-state index in [1.54, 1.807) is 6.07 Å². The Morgan fingerprint density at radius 1 is 1.30 bits per heavy atom. The third-order valence-electron chi connectivity index (χ3n) is 4.14. The van der Waals surface area contributed by atoms with Crippen molar-refractivity contribution in [2.45, 2.75) is 44.9 Å². The van der Waals surface area contributed by atoms with Crippen LogP contribution in [-0.4, -0.2) is 61.0 Å². The SMILES string of the molecule is COC(=O)C1CC(OC(C)=O)CC(Oc2ccc(CO)cc2C(=O)OCCSI)O1. The van der Waals surface area contributed by atoms with E-state index in [1.165, 1.54) is 35.1 Å². The molecule has 30 heavy (non-hydrogen) atoms. The maximum Gasteiger partial charge on any atom is 0.341 e. The minimum absolute atomic E-state index is 0.118. The Kier molecular flexibility index (Phi) is 10.1. The van der Waals surface area contributed by atoms with Crippen LogP contribution in [0.5, 0.6) is 5.75 Å². The maximum atomic E-state index is 12.5. The van der Waals surface area contributed by atoms with E-state index in [2.05, 4.69) is 21.2 Å². The molecule has 1 aliphatic heterocycles. The third-order valence-corrected chi connectivity index (χ3v) is 5.79. The Morgan fingerprint density at radius 3 is 2.70 bits per heavy atom. The van der Waals surface area contributed by atoms with E-state index in [4.69, 9.17) is 23.7 Å². The van der Waals surface area contributed by atoms with Gasteiger partial charge in [-0.15, -0.1) is 0 Å². The highest BCUT2D eigenvalue weighted by Gasteiger charge is 2.37. The lowest BCUT2D eigenvalue weighted by molar-refractivity contribution is -0.204. The molecule has 3 atom stereocenters. The van der Waals surface area contributed by atoms with Gasteiger partial charge in [0.25, 0.3) is 0 Å². The highest BCUT2D eigenvalue weighted by molar-refractivity contribution is 14.2. The van der Waals surface area contributed by atoms with Gasteiger partial charge in [-0.2, -0.15) is 0 Å². The molecular formula is C19H23IO9S. The van der Waals surface area contributed by atoms with Gasteiger partial charge in [0, 0.05) is 25.5 Å². The van der Waals surface area contributed by atoms with Crippen molar-refractivity contribution in [3.05, 3.63) is 29.3 Å². The summed E-state index contributed by atoms with van der Waals surface area (Å²) in [5.74, 6) is -0.932. The first-order chi connectivity index (χ1) is 14.4. The minimum Gasteiger partial charge on any atom is -0.467 e. The van der Waals surface area contributed by atoms with Crippen LogP contribution in [0.3, 0.4) is 0 Å². The molecule has 2 rings (SSSR count). The molecule has 0 spiro atoms. The predicted molar refractivity (Wildman–Crippen MR) is 115 cm³/mol. The number of aliphatic hydroxyl groups excluding tert-OH is 1. The largest absolute Gasteiger partial charge is 0.467 e. The molecule has 1 saturated heterocycles. The Morgan fingerprint density at radius 2 is 2.07 bits per heavy atom. The molecule has 1 aromatic rings. The second-order valence-corrected chi connectivity index (χ2v) is 8.83. The van der Waals surface area contributed by atoms with Crippen LogP contribution in [-0.2, 0) is 35.1 Å². The number of aliphatic hydroxyl groups is 1. The summed E-state index contributed by atoms with van der Waals surface area (Å²) in [5.41, 5.74) is 0.625. The lowest BCUT2D eigenvalue weighted by Crippen LogP contribution is -2.44. The standard InChI is InChI=1S/C19H23IO9S/c1-11(22)27-13-8-16(19(24)25-2)29-17(9-13)28-15-4-3-12(10-21)7-14(15)18(23)26-5-6-30-20/h3-4,7,13,16-17,21H,5-6,8-10H2,1-2H3. The molecule has 166 valence electrons. The molecule has 3 unspecified atom stereocenters. The number of rotatable bonds is 9. The second kappa shape index (κ2) is 12.3.